The number of amides is 1. The lowest BCUT2D eigenvalue weighted by Crippen LogP contribution is -2.48. The van der Waals surface area contributed by atoms with E-state index in [2.05, 4.69) is 20.5 Å². The number of ether oxygens (including phenoxy) is 2. The van der Waals surface area contributed by atoms with E-state index in [1.54, 1.807) is 50.9 Å². The smallest absolute Gasteiger partial charge is 0.251 e. The average molecular weight is 434 g/mol. The summed E-state index contributed by atoms with van der Waals surface area (Å²) in [6.45, 7) is 1.55. The summed E-state index contributed by atoms with van der Waals surface area (Å²) in [5, 5.41) is 6.41. The quantitative estimate of drug-likeness (QED) is 0.588. The SMILES string of the molecule is COc1ccc(Nc2cncc(N3CCC[C@@H](NC(=O)c4ccc(OC)cc4)C3)n2)cc1. The minimum absolute atomic E-state index is 0.0401. The first-order valence-corrected chi connectivity index (χ1v) is 10.6. The molecule has 1 saturated heterocycles. The monoisotopic (exact) mass is 433 g/mol. The number of hydrogen-bond acceptors (Lipinski definition) is 7. The zero-order valence-electron chi connectivity index (χ0n) is 18.2. The summed E-state index contributed by atoms with van der Waals surface area (Å²) in [6.07, 6.45) is 5.34. The molecule has 1 atom stereocenters. The van der Waals surface area contributed by atoms with E-state index in [0.717, 1.165) is 42.4 Å². The Hall–Kier alpha value is -3.81. The van der Waals surface area contributed by atoms with Gasteiger partial charge in [0.25, 0.3) is 5.91 Å². The number of nitrogens with one attached hydrogen (secondary N) is 2. The molecule has 0 saturated carbocycles. The Morgan fingerprint density at radius 2 is 1.69 bits per heavy atom. The van der Waals surface area contributed by atoms with Crippen LogP contribution in [0.15, 0.2) is 60.9 Å². The van der Waals surface area contributed by atoms with E-state index in [1.165, 1.54) is 0 Å². The molecule has 8 nitrogen and oxygen atoms in total. The van der Waals surface area contributed by atoms with Gasteiger partial charge in [0.1, 0.15) is 17.3 Å². The summed E-state index contributed by atoms with van der Waals surface area (Å²) in [7, 11) is 3.25. The molecule has 32 heavy (non-hydrogen) atoms. The summed E-state index contributed by atoms with van der Waals surface area (Å²) >= 11 is 0. The van der Waals surface area contributed by atoms with Gasteiger partial charge in [0.15, 0.2) is 5.82 Å². The molecule has 0 radical (unpaired) electrons. The van der Waals surface area contributed by atoms with E-state index in [0.29, 0.717) is 17.9 Å². The molecule has 2 N–H and O–H groups in total. The van der Waals surface area contributed by atoms with Crippen molar-refractivity contribution in [3.63, 3.8) is 0 Å². The number of methoxy groups -OCH3 is 2. The third-order valence-corrected chi connectivity index (χ3v) is 5.42. The van der Waals surface area contributed by atoms with Crippen LogP contribution in [0.5, 0.6) is 11.5 Å². The standard InChI is InChI=1S/C24H27N5O3/c1-31-20-9-5-17(6-10-20)24(30)27-19-4-3-13-29(16-19)23-15-25-14-22(28-23)26-18-7-11-21(32-2)12-8-18/h5-12,14-15,19H,3-4,13,16H2,1-2H3,(H,26,28)(H,27,30)/t19-/m1/s1. The Kier molecular flexibility index (Phi) is 6.69. The van der Waals surface area contributed by atoms with Gasteiger partial charge in [-0.2, -0.15) is 0 Å². The van der Waals surface area contributed by atoms with Crippen molar-refractivity contribution >= 4 is 23.2 Å². The Morgan fingerprint density at radius 1 is 1.00 bits per heavy atom. The van der Waals surface area contributed by atoms with Gasteiger partial charge >= 0.3 is 0 Å². The fourth-order valence-corrected chi connectivity index (χ4v) is 3.70. The molecule has 1 aliphatic heterocycles. The second kappa shape index (κ2) is 10.00. The number of nitrogens with zero attached hydrogens (tertiary/aromatic N) is 3. The van der Waals surface area contributed by atoms with Gasteiger partial charge in [-0.25, -0.2) is 4.98 Å². The number of benzene rings is 2. The third-order valence-electron chi connectivity index (χ3n) is 5.42. The van der Waals surface area contributed by atoms with Crippen LogP contribution in [-0.4, -0.2) is 49.2 Å². The molecule has 1 amide bonds. The molecule has 1 aromatic heterocycles. The Balaban J connectivity index is 1.39. The Labute approximate surface area is 187 Å². The summed E-state index contributed by atoms with van der Waals surface area (Å²) < 4.78 is 10.4. The van der Waals surface area contributed by atoms with E-state index >= 15 is 0 Å². The molecule has 1 aliphatic rings. The first-order valence-electron chi connectivity index (χ1n) is 10.6. The topological polar surface area (TPSA) is 88.6 Å². The number of anilines is 3. The van der Waals surface area contributed by atoms with Gasteiger partial charge in [-0.05, 0) is 61.4 Å². The molecule has 0 spiro atoms. The van der Waals surface area contributed by atoms with Crippen LogP contribution < -0.4 is 25.0 Å². The van der Waals surface area contributed by atoms with Crippen molar-refractivity contribution in [2.75, 3.05) is 37.5 Å². The first-order chi connectivity index (χ1) is 15.6. The van der Waals surface area contributed by atoms with Crippen LogP contribution in [0.2, 0.25) is 0 Å². The minimum atomic E-state index is -0.0829. The van der Waals surface area contributed by atoms with Crippen LogP contribution in [0.3, 0.4) is 0 Å². The molecule has 4 rings (SSSR count). The Bertz CT molecular complexity index is 1040. The maximum absolute atomic E-state index is 12.6. The van der Waals surface area contributed by atoms with Gasteiger partial charge in [-0.15, -0.1) is 0 Å². The number of aromatic nitrogens is 2. The summed E-state index contributed by atoms with van der Waals surface area (Å²) in [6, 6.07) is 14.8. The number of hydrogen-bond donors (Lipinski definition) is 2. The van der Waals surface area contributed by atoms with Crippen LogP contribution in [0.25, 0.3) is 0 Å². The lowest BCUT2D eigenvalue weighted by molar-refractivity contribution is 0.0933. The molecule has 166 valence electrons. The maximum Gasteiger partial charge on any atom is 0.251 e. The van der Waals surface area contributed by atoms with Crippen LogP contribution in [0.1, 0.15) is 23.2 Å². The van der Waals surface area contributed by atoms with Gasteiger partial charge in [0.05, 0.1) is 26.6 Å². The molecule has 0 aliphatic carbocycles. The van der Waals surface area contributed by atoms with Crippen molar-refractivity contribution in [2.45, 2.75) is 18.9 Å². The second-order valence-electron chi connectivity index (χ2n) is 7.60. The van der Waals surface area contributed by atoms with Gasteiger partial charge in [0.2, 0.25) is 0 Å². The maximum atomic E-state index is 12.6. The number of piperidine rings is 1. The molecule has 1 fully saturated rings. The summed E-state index contributed by atoms with van der Waals surface area (Å²) in [5.74, 6) is 2.89. The first kappa shape index (κ1) is 21.4. The second-order valence-corrected chi connectivity index (χ2v) is 7.60. The molecule has 0 unspecified atom stereocenters. The van der Waals surface area contributed by atoms with Crippen molar-refractivity contribution in [3.8, 4) is 11.5 Å². The molecular formula is C24H27N5O3. The van der Waals surface area contributed by atoms with E-state index in [-0.39, 0.29) is 11.9 Å². The molecule has 3 aromatic rings. The van der Waals surface area contributed by atoms with Crippen molar-refractivity contribution < 1.29 is 14.3 Å². The number of rotatable bonds is 7. The molecule has 0 bridgehead atoms. The van der Waals surface area contributed by atoms with Crippen LogP contribution in [0, 0.1) is 0 Å². The highest BCUT2D eigenvalue weighted by atomic mass is 16.5. The normalized spacial score (nSPS) is 15.7. The highest BCUT2D eigenvalue weighted by molar-refractivity contribution is 5.94. The Morgan fingerprint density at radius 3 is 2.38 bits per heavy atom. The zero-order valence-corrected chi connectivity index (χ0v) is 18.2. The molecule has 2 aromatic carbocycles. The van der Waals surface area contributed by atoms with Crippen molar-refractivity contribution in [1.29, 1.82) is 0 Å². The van der Waals surface area contributed by atoms with Crippen LogP contribution in [0.4, 0.5) is 17.3 Å². The van der Waals surface area contributed by atoms with E-state index in [9.17, 15) is 4.79 Å². The fraction of sp³-hybridized carbons (Fsp3) is 0.292. The molecule has 8 heteroatoms. The predicted molar refractivity (Wildman–Crippen MR) is 124 cm³/mol. The van der Waals surface area contributed by atoms with Crippen LogP contribution >= 0.6 is 0 Å². The van der Waals surface area contributed by atoms with Crippen LogP contribution in [-0.2, 0) is 0 Å². The zero-order chi connectivity index (χ0) is 22.3. The van der Waals surface area contributed by atoms with Gasteiger partial charge in [-0.3, -0.25) is 9.78 Å². The van der Waals surface area contributed by atoms with Gasteiger partial charge in [-0.1, -0.05) is 0 Å². The van der Waals surface area contributed by atoms with Crippen molar-refractivity contribution in [3.05, 3.63) is 66.5 Å². The van der Waals surface area contributed by atoms with Gasteiger partial charge in [0, 0.05) is 30.4 Å². The minimum Gasteiger partial charge on any atom is -0.497 e. The highest BCUT2D eigenvalue weighted by Gasteiger charge is 2.23. The number of carbonyl (C=O) groups excluding carboxylic acids is 1. The van der Waals surface area contributed by atoms with E-state index in [4.69, 9.17) is 14.5 Å². The highest BCUT2D eigenvalue weighted by Crippen LogP contribution is 2.22. The van der Waals surface area contributed by atoms with Crippen molar-refractivity contribution in [2.24, 2.45) is 0 Å². The summed E-state index contributed by atoms with van der Waals surface area (Å²) in [4.78, 5) is 23.9. The number of carbonyl (C=O) groups is 1. The molecular weight excluding hydrogens is 406 g/mol. The lowest BCUT2D eigenvalue weighted by Gasteiger charge is -2.34. The lowest BCUT2D eigenvalue weighted by atomic mass is 10.0. The van der Waals surface area contributed by atoms with Crippen molar-refractivity contribution in [1.82, 2.24) is 15.3 Å². The largest absolute Gasteiger partial charge is 0.497 e. The fourth-order valence-electron chi connectivity index (χ4n) is 3.70. The predicted octanol–water partition coefficient (Wildman–Crippen LogP) is 3.64. The molecule has 2 heterocycles. The summed E-state index contributed by atoms with van der Waals surface area (Å²) in [5.41, 5.74) is 1.52. The third kappa shape index (κ3) is 5.26. The van der Waals surface area contributed by atoms with E-state index < -0.39 is 0 Å². The van der Waals surface area contributed by atoms with E-state index in [1.807, 2.05) is 24.3 Å². The van der Waals surface area contributed by atoms with Gasteiger partial charge < -0.3 is 25.0 Å². The average Bonchev–Trinajstić information content (AvgIpc) is 2.85.